The highest BCUT2D eigenvalue weighted by Crippen LogP contribution is 2.49. The Hall–Kier alpha value is -2.99. The van der Waals surface area contributed by atoms with Gasteiger partial charge in [-0.05, 0) is 68.5 Å². The fourth-order valence-electron chi connectivity index (χ4n) is 3.84. The predicted octanol–water partition coefficient (Wildman–Crippen LogP) is 5.50. The molecule has 1 N–H and O–H groups in total. The third kappa shape index (κ3) is 3.56. The summed E-state index contributed by atoms with van der Waals surface area (Å²) in [4.78, 5) is 16.9. The number of rotatable bonds is 5. The summed E-state index contributed by atoms with van der Waals surface area (Å²) in [7, 11) is 1.36. The number of hydrogen-bond acceptors (Lipinski definition) is 3. The van der Waals surface area contributed by atoms with Crippen molar-refractivity contribution >= 4 is 33.5 Å². The monoisotopic (exact) mass is 453 g/mol. The summed E-state index contributed by atoms with van der Waals surface area (Å²) in [5.74, 6) is -2.90. The molecule has 0 bridgehead atoms. The molecule has 0 saturated carbocycles. The number of carboxylic acids is 1. The zero-order chi connectivity index (χ0) is 20.5. The van der Waals surface area contributed by atoms with Crippen molar-refractivity contribution in [3.8, 4) is 5.75 Å². The molecule has 0 fully saturated rings. The number of carbonyl (C=O) groups is 1. The molecule has 2 atom stereocenters. The van der Waals surface area contributed by atoms with E-state index in [0.717, 1.165) is 21.2 Å². The number of carboxylic acid groups (broad SMARTS) is 1. The zero-order valence-electron chi connectivity index (χ0n) is 15.5. The molecule has 0 saturated heterocycles. The number of halogens is 2. The number of allylic oxidation sites excluding steroid dienone is 1. The van der Waals surface area contributed by atoms with Crippen LogP contribution in [0.5, 0.6) is 5.75 Å². The Morgan fingerprint density at radius 2 is 2.00 bits per heavy atom. The van der Waals surface area contributed by atoms with Crippen LogP contribution < -0.4 is 4.74 Å². The first-order valence-corrected chi connectivity index (χ1v) is 9.77. The minimum absolute atomic E-state index is 0.0207. The van der Waals surface area contributed by atoms with E-state index in [1.807, 2.05) is 42.5 Å². The van der Waals surface area contributed by atoms with Gasteiger partial charge in [0.1, 0.15) is 0 Å². The number of aromatic nitrogens is 1. The first kappa shape index (κ1) is 19.3. The lowest BCUT2D eigenvalue weighted by Gasteiger charge is -2.25. The molecule has 29 heavy (non-hydrogen) atoms. The van der Waals surface area contributed by atoms with Gasteiger partial charge < -0.3 is 9.84 Å². The molecule has 2 aromatic carbocycles. The molecule has 0 radical (unpaired) electrons. The van der Waals surface area contributed by atoms with Gasteiger partial charge in [-0.3, -0.25) is 9.78 Å². The molecule has 1 aliphatic carbocycles. The smallest absolute Gasteiger partial charge is 0.311 e. The molecule has 1 aromatic heterocycles. The second-order valence-corrected chi connectivity index (χ2v) is 7.69. The summed E-state index contributed by atoms with van der Waals surface area (Å²) in [5, 5.41) is 10.2. The van der Waals surface area contributed by atoms with Crippen LogP contribution >= 0.6 is 15.9 Å². The van der Waals surface area contributed by atoms with Crippen LogP contribution in [0.15, 0.2) is 65.3 Å². The van der Waals surface area contributed by atoms with E-state index in [1.165, 1.54) is 25.3 Å². The average Bonchev–Trinajstić information content (AvgIpc) is 3.09. The number of nitrogens with zero attached hydrogens (tertiary/aromatic N) is 1. The standard InChI is InChI=1S/C23H17BrFNO3/c1-29-20-11-14(6-8-18(20)25)21(23(27)28)22-16-5-3-2-4-13(16)10-17(22)19-9-7-15(24)12-26-19/h2-12,21-22H,1H3,(H,27,28). The van der Waals surface area contributed by atoms with Gasteiger partial charge in [-0.1, -0.05) is 30.3 Å². The molecule has 2 unspecified atom stereocenters. The number of benzene rings is 2. The first-order valence-electron chi connectivity index (χ1n) is 8.98. The lowest BCUT2D eigenvalue weighted by Crippen LogP contribution is -2.21. The van der Waals surface area contributed by atoms with Crippen molar-refractivity contribution in [1.29, 1.82) is 0 Å². The molecule has 6 heteroatoms. The lowest BCUT2D eigenvalue weighted by molar-refractivity contribution is -0.139. The number of methoxy groups -OCH3 is 1. The van der Waals surface area contributed by atoms with Crippen LogP contribution in [-0.2, 0) is 4.79 Å². The van der Waals surface area contributed by atoms with E-state index >= 15 is 0 Å². The Labute approximate surface area is 175 Å². The summed E-state index contributed by atoms with van der Waals surface area (Å²) in [5.41, 5.74) is 3.85. The molecular formula is C23H17BrFNO3. The van der Waals surface area contributed by atoms with Crippen molar-refractivity contribution in [2.45, 2.75) is 11.8 Å². The van der Waals surface area contributed by atoms with Crippen molar-refractivity contribution < 1.29 is 19.0 Å². The Balaban J connectivity index is 1.88. The quantitative estimate of drug-likeness (QED) is 0.554. The summed E-state index contributed by atoms with van der Waals surface area (Å²) in [6, 6.07) is 15.6. The van der Waals surface area contributed by atoms with E-state index in [0.29, 0.717) is 11.3 Å². The second kappa shape index (κ2) is 7.79. The van der Waals surface area contributed by atoms with Crippen LogP contribution in [0.2, 0.25) is 0 Å². The van der Waals surface area contributed by atoms with Crippen LogP contribution in [0.1, 0.15) is 34.2 Å². The lowest BCUT2D eigenvalue weighted by atomic mass is 9.78. The topological polar surface area (TPSA) is 59.4 Å². The van der Waals surface area contributed by atoms with E-state index < -0.39 is 23.6 Å². The van der Waals surface area contributed by atoms with E-state index in [2.05, 4.69) is 20.9 Å². The molecule has 0 spiro atoms. The molecule has 0 amide bonds. The van der Waals surface area contributed by atoms with Gasteiger partial charge in [0, 0.05) is 16.6 Å². The van der Waals surface area contributed by atoms with Crippen LogP contribution in [-0.4, -0.2) is 23.2 Å². The fourth-order valence-corrected chi connectivity index (χ4v) is 4.07. The number of ether oxygens (including phenoxy) is 1. The summed E-state index contributed by atoms with van der Waals surface area (Å²) < 4.78 is 19.8. The summed E-state index contributed by atoms with van der Waals surface area (Å²) in [6.45, 7) is 0. The molecule has 146 valence electrons. The third-order valence-electron chi connectivity index (χ3n) is 5.13. The minimum Gasteiger partial charge on any atom is -0.494 e. The SMILES string of the molecule is COc1cc(C(C(=O)O)C2C(c3ccc(Br)cn3)=Cc3ccccc32)ccc1F. The van der Waals surface area contributed by atoms with Crippen molar-refractivity contribution in [3.63, 3.8) is 0 Å². The number of aliphatic carboxylic acids is 1. The maximum Gasteiger partial charge on any atom is 0.311 e. The van der Waals surface area contributed by atoms with Gasteiger partial charge >= 0.3 is 5.97 Å². The van der Waals surface area contributed by atoms with Crippen LogP contribution in [0, 0.1) is 5.82 Å². The van der Waals surface area contributed by atoms with Crippen LogP contribution in [0.3, 0.4) is 0 Å². The molecule has 1 heterocycles. The van der Waals surface area contributed by atoms with E-state index in [-0.39, 0.29) is 5.75 Å². The largest absolute Gasteiger partial charge is 0.494 e. The van der Waals surface area contributed by atoms with Gasteiger partial charge in [0.25, 0.3) is 0 Å². The third-order valence-corrected chi connectivity index (χ3v) is 5.60. The molecule has 4 nitrogen and oxygen atoms in total. The Bertz CT molecular complexity index is 1110. The van der Waals surface area contributed by atoms with E-state index in [9.17, 15) is 14.3 Å². The molecule has 4 rings (SSSR count). The predicted molar refractivity (Wildman–Crippen MR) is 112 cm³/mol. The highest BCUT2D eigenvalue weighted by atomic mass is 79.9. The van der Waals surface area contributed by atoms with Gasteiger partial charge in [0.15, 0.2) is 11.6 Å². The minimum atomic E-state index is -0.997. The molecular weight excluding hydrogens is 437 g/mol. The highest BCUT2D eigenvalue weighted by Gasteiger charge is 2.39. The van der Waals surface area contributed by atoms with Gasteiger partial charge in [-0.2, -0.15) is 0 Å². The maximum atomic E-state index is 13.9. The second-order valence-electron chi connectivity index (χ2n) is 6.78. The first-order chi connectivity index (χ1) is 14.0. The van der Waals surface area contributed by atoms with Gasteiger partial charge in [0.2, 0.25) is 0 Å². The van der Waals surface area contributed by atoms with Gasteiger partial charge in [-0.15, -0.1) is 0 Å². The van der Waals surface area contributed by atoms with Crippen molar-refractivity contribution in [3.05, 3.63) is 93.5 Å². The van der Waals surface area contributed by atoms with Crippen LogP contribution in [0.25, 0.3) is 11.6 Å². The van der Waals surface area contributed by atoms with Gasteiger partial charge in [0.05, 0.1) is 18.7 Å². The van der Waals surface area contributed by atoms with Crippen LogP contribution in [0.4, 0.5) is 4.39 Å². The number of pyridine rings is 1. The summed E-state index contributed by atoms with van der Waals surface area (Å²) >= 11 is 3.38. The van der Waals surface area contributed by atoms with Crippen molar-refractivity contribution in [2.24, 2.45) is 0 Å². The normalized spacial score (nSPS) is 16.1. The van der Waals surface area contributed by atoms with E-state index in [1.54, 1.807) is 6.20 Å². The Kier molecular flexibility index (Phi) is 5.20. The van der Waals surface area contributed by atoms with Crippen molar-refractivity contribution in [2.75, 3.05) is 7.11 Å². The molecule has 0 aliphatic heterocycles. The van der Waals surface area contributed by atoms with E-state index in [4.69, 9.17) is 4.74 Å². The number of hydrogen-bond donors (Lipinski definition) is 1. The van der Waals surface area contributed by atoms with Crippen molar-refractivity contribution in [1.82, 2.24) is 4.98 Å². The maximum absolute atomic E-state index is 13.9. The number of fused-ring (bicyclic) bond motifs is 1. The van der Waals surface area contributed by atoms with Gasteiger partial charge in [-0.25, -0.2) is 4.39 Å². The Morgan fingerprint density at radius 3 is 2.69 bits per heavy atom. The highest BCUT2D eigenvalue weighted by molar-refractivity contribution is 9.10. The fraction of sp³-hybridized carbons (Fsp3) is 0.130. The molecule has 3 aromatic rings. The Morgan fingerprint density at radius 1 is 1.21 bits per heavy atom. The zero-order valence-corrected chi connectivity index (χ0v) is 17.1. The summed E-state index contributed by atoms with van der Waals surface area (Å²) in [6.07, 6.45) is 3.67. The molecule has 1 aliphatic rings. The average molecular weight is 454 g/mol.